The van der Waals surface area contributed by atoms with Crippen molar-refractivity contribution in [1.29, 1.82) is 0 Å². The Labute approximate surface area is 110 Å². The van der Waals surface area contributed by atoms with E-state index in [4.69, 9.17) is 0 Å². The number of rotatable bonds is 3. The maximum atomic E-state index is 13.1. The van der Waals surface area contributed by atoms with Gasteiger partial charge in [0.05, 0.1) is 11.0 Å². The molecule has 0 saturated heterocycles. The topological polar surface area (TPSA) is 40.7 Å². The molecule has 0 spiro atoms. The summed E-state index contributed by atoms with van der Waals surface area (Å²) in [6, 6.07) is 12.6. The molecule has 0 amide bonds. The number of imidazole rings is 1. The van der Waals surface area contributed by atoms with E-state index >= 15 is 0 Å². The normalized spacial score (nSPS) is 10.8. The number of aryl methyl sites for hydroxylation is 1. The van der Waals surface area contributed by atoms with Crippen LogP contribution in [0.2, 0.25) is 0 Å². The van der Waals surface area contributed by atoms with Gasteiger partial charge in [0.15, 0.2) is 0 Å². The molecule has 0 saturated carbocycles. The number of aromatic amines is 1. The van der Waals surface area contributed by atoms with Gasteiger partial charge in [0.1, 0.15) is 5.82 Å². The van der Waals surface area contributed by atoms with Gasteiger partial charge in [-0.3, -0.25) is 0 Å². The zero-order chi connectivity index (χ0) is 13.2. The number of anilines is 1. The first-order chi connectivity index (χ1) is 9.20. The summed E-state index contributed by atoms with van der Waals surface area (Å²) < 4.78 is 13.1. The minimum atomic E-state index is -0.223. The Bertz CT molecular complexity index is 718. The lowest BCUT2D eigenvalue weighted by atomic mass is 10.2. The Morgan fingerprint density at radius 1 is 1.21 bits per heavy atom. The van der Waals surface area contributed by atoms with Crippen LogP contribution >= 0.6 is 0 Å². The largest absolute Gasteiger partial charge is 0.352 e. The second kappa shape index (κ2) is 4.72. The molecule has 19 heavy (non-hydrogen) atoms. The van der Waals surface area contributed by atoms with Gasteiger partial charge in [0.2, 0.25) is 5.95 Å². The molecule has 3 rings (SSSR count). The van der Waals surface area contributed by atoms with Gasteiger partial charge in [0, 0.05) is 6.54 Å². The summed E-state index contributed by atoms with van der Waals surface area (Å²) in [4.78, 5) is 7.64. The number of hydrogen-bond donors (Lipinski definition) is 2. The first-order valence-corrected chi connectivity index (χ1v) is 6.15. The lowest BCUT2D eigenvalue weighted by molar-refractivity contribution is 0.626. The Morgan fingerprint density at radius 2 is 2.11 bits per heavy atom. The molecule has 2 N–H and O–H groups in total. The van der Waals surface area contributed by atoms with Crippen LogP contribution in [0.1, 0.15) is 11.1 Å². The molecule has 0 bridgehead atoms. The third-order valence-electron chi connectivity index (χ3n) is 2.99. The lowest BCUT2D eigenvalue weighted by Gasteiger charge is -2.02. The van der Waals surface area contributed by atoms with E-state index in [0.29, 0.717) is 12.5 Å². The summed E-state index contributed by atoms with van der Waals surface area (Å²) in [5.41, 5.74) is 4.00. The average Bonchev–Trinajstić information content (AvgIpc) is 2.78. The number of benzene rings is 2. The molecule has 2 aromatic carbocycles. The number of H-pyrrole nitrogens is 1. The second-order valence-corrected chi connectivity index (χ2v) is 4.59. The number of hydrogen-bond acceptors (Lipinski definition) is 2. The number of nitrogens with one attached hydrogen (secondary N) is 2. The molecule has 0 aliphatic rings. The Hall–Kier alpha value is -2.36. The number of fused-ring (bicyclic) bond motifs is 1. The van der Waals surface area contributed by atoms with Crippen LogP contribution in [0.15, 0.2) is 42.5 Å². The van der Waals surface area contributed by atoms with Gasteiger partial charge in [-0.2, -0.15) is 0 Å². The van der Waals surface area contributed by atoms with Crippen LogP contribution in [0.4, 0.5) is 10.3 Å². The van der Waals surface area contributed by atoms with Crippen molar-refractivity contribution in [3.8, 4) is 0 Å². The van der Waals surface area contributed by atoms with Crippen LogP contribution in [0, 0.1) is 12.7 Å². The maximum Gasteiger partial charge on any atom is 0.201 e. The van der Waals surface area contributed by atoms with Crippen molar-refractivity contribution in [1.82, 2.24) is 9.97 Å². The molecule has 3 nitrogen and oxygen atoms in total. The summed E-state index contributed by atoms with van der Waals surface area (Å²) in [7, 11) is 0. The predicted octanol–water partition coefficient (Wildman–Crippen LogP) is 3.62. The number of nitrogens with zero attached hydrogens (tertiary/aromatic N) is 1. The van der Waals surface area contributed by atoms with Crippen LogP contribution in [0.3, 0.4) is 0 Å². The zero-order valence-electron chi connectivity index (χ0n) is 10.6. The van der Waals surface area contributed by atoms with Crippen LogP contribution in [0.25, 0.3) is 11.0 Å². The molecule has 1 heterocycles. The number of halogens is 1. The predicted molar refractivity (Wildman–Crippen MR) is 74.6 cm³/mol. The summed E-state index contributed by atoms with van der Waals surface area (Å²) in [5, 5.41) is 3.16. The van der Waals surface area contributed by atoms with Gasteiger partial charge < -0.3 is 10.3 Å². The van der Waals surface area contributed by atoms with Gasteiger partial charge in [-0.1, -0.05) is 18.2 Å². The standard InChI is InChI=1S/C15H14FN3/c1-10-5-6-13-14(7-10)19-15(18-13)17-9-11-3-2-4-12(16)8-11/h2-8H,9H2,1H3,(H2,17,18,19). The van der Waals surface area contributed by atoms with Crippen molar-refractivity contribution in [2.45, 2.75) is 13.5 Å². The van der Waals surface area contributed by atoms with E-state index in [2.05, 4.69) is 21.4 Å². The van der Waals surface area contributed by atoms with Gasteiger partial charge in [-0.05, 0) is 42.3 Å². The van der Waals surface area contributed by atoms with E-state index in [1.165, 1.54) is 17.7 Å². The fourth-order valence-corrected chi connectivity index (χ4v) is 2.04. The zero-order valence-corrected chi connectivity index (χ0v) is 10.6. The van der Waals surface area contributed by atoms with Crippen molar-refractivity contribution >= 4 is 17.0 Å². The van der Waals surface area contributed by atoms with Crippen molar-refractivity contribution < 1.29 is 4.39 Å². The Morgan fingerprint density at radius 3 is 2.95 bits per heavy atom. The average molecular weight is 255 g/mol. The molecule has 0 fully saturated rings. The molecule has 4 heteroatoms. The monoisotopic (exact) mass is 255 g/mol. The summed E-state index contributed by atoms with van der Waals surface area (Å²) >= 11 is 0. The molecule has 3 aromatic rings. The third kappa shape index (κ3) is 2.57. The van der Waals surface area contributed by atoms with Crippen LogP contribution in [-0.4, -0.2) is 9.97 Å². The Balaban J connectivity index is 1.78. The van der Waals surface area contributed by atoms with Gasteiger partial charge in [0.25, 0.3) is 0 Å². The summed E-state index contributed by atoms with van der Waals surface area (Å²) in [5.74, 6) is 0.476. The molecule has 96 valence electrons. The van der Waals surface area contributed by atoms with E-state index in [9.17, 15) is 4.39 Å². The maximum absolute atomic E-state index is 13.1. The van der Waals surface area contributed by atoms with E-state index in [1.54, 1.807) is 6.07 Å². The molecule has 1 aromatic heterocycles. The van der Waals surface area contributed by atoms with Crippen molar-refractivity contribution in [2.24, 2.45) is 0 Å². The molecular formula is C15H14FN3. The number of aromatic nitrogens is 2. The van der Waals surface area contributed by atoms with Crippen molar-refractivity contribution in [3.63, 3.8) is 0 Å². The minimum Gasteiger partial charge on any atom is -0.352 e. The smallest absolute Gasteiger partial charge is 0.201 e. The highest BCUT2D eigenvalue weighted by Gasteiger charge is 2.02. The quantitative estimate of drug-likeness (QED) is 0.750. The van der Waals surface area contributed by atoms with Crippen LogP contribution < -0.4 is 5.32 Å². The fourth-order valence-electron chi connectivity index (χ4n) is 2.04. The van der Waals surface area contributed by atoms with Crippen molar-refractivity contribution in [3.05, 3.63) is 59.4 Å². The van der Waals surface area contributed by atoms with Gasteiger partial charge in [-0.15, -0.1) is 0 Å². The van der Waals surface area contributed by atoms with Crippen LogP contribution in [-0.2, 0) is 6.54 Å². The minimum absolute atomic E-state index is 0.223. The molecule has 0 atom stereocenters. The summed E-state index contributed by atoms with van der Waals surface area (Å²) in [6.45, 7) is 2.58. The van der Waals surface area contributed by atoms with E-state index in [1.807, 2.05) is 25.1 Å². The van der Waals surface area contributed by atoms with E-state index < -0.39 is 0 Å². The highest BCUT2D eigenvalue weighted by molar-refractivity contribution is 5.78. The van der Waals surface area contributed by atoms with Crippen LogP contribution in [0.5, 0.6) is 0 Å². The fraction of sp³-hybridized carbons (Fsp3) is 0.133. The first-order valence-electron chi connectivity index (χ1n) is 6.15. The molecule has 0 radical (unpaired) electrons. The first kappa shape index (κ1) is 11.7. The molecule has 0 unspecified atom stereocenters. The molecule has 0 aliphatic heterocycles. The van der Waals surface area contributed by atoms with Gasteiger partial charge in [-0.25, -0.2) is 9.37 Å². The van der Waals surface area contributed by atoms with Gasteiger partial charge >= 0.3 is 0 Å². The highest BCUT2D eigenvalue weighted by atomic mass is 19.1. The summed E-state index contributed by atoms with van der Waals surface area (Å²) in [6.07, 6.45) is 0. The Kier molecular flexibility index (Phi) is 2.91. The van der Waals surface area contributed by atoms with E-state index in [-0.39, 0.29) is 5.82 Å². The SMILES string of the molecule is Cc1ccc2nc(NCc3cccc(F)c3)[nH]c2c1. The lowest BCUT2D eigenvalue weighted by Crippen LogP contribution is -2.00. The van der Waals surface area contributed by atoms with E-state index in [0.717, 1.165) is 16.6 Å². The second-order valence-electron chi connectivity index (χ2n) is 4.59. The van der Waals surface area contributed by atoms with Crippen molar-refractivity contribution in [2.75, 3.05) is 5.32 Å². The molecular weight excluding hydrogens is 241 g/mol. The highest BCUT2D eigenvalue weighted by Crippen LogP contribution is 2.16. The third-order valence-corrected chi connectivity index (χ3v) is 2.99. The molecule has 0 aliphatic carbocycles.